The molecule has 0 aromatic heterocycles. The Balaban J connectivity index is 0. The van der Waals surface area contributed by atoms with Crippen LogP contribution in [-0.2, 0) is 24.1 Å². The summed E-state index contributed by atoms with van der Waals surface area (Å²) in [5, 5.41) is 0. The summed E-state index contributed by atoms with van der Waals surface area (Å²) in [6.07, 6.45) is 0. The van der Waals surface area contributed by atoms with Crippen molar-refractivity contribution in [1.29, 1.82) is 0 Å². The lowest BCUT2D eigenvalue weighted by molar-refractivity contribution is 0.413. The molecule has 1 unspecified atom stereocenters. The summed E-state index contributed by atoms with van der Waals surface area (Å²) in [6.45, 7) is 7.50. The van der Waals surface area contributed by atoms with Crippen molar-refractivity contribution in [2.24, 2.45) is 0 Å². The van der Waals surface area contributed by atoms with Crippen molar-refractivity contribution in [1.82, 2.24) is 0 Å². The molecular formula is C19H27Cl2O7S2-. The maximum atomic E-state index is 11.2. The van der Waals surface area contributed by atoms with Gasteiger partial charge in [0, 0.05) is 10.7 Å². The molecule has 30 heavy (non-hydrogen) atoms. The summed E-state index contributed by atoms with van der Waals surface area (Å²) in [4.78, 5) is 0.167. The van der Waals surface area contributed by atoms with E-state index in [1.54, 1.807) is 33.1 Å². The molecule has 0 aliphatic heterocycles. The topological polar surface area (TPSA) is 102 Å². The van der Waals surface area contributed by atoms with E-state index >= 15 is 0 Å². The van der Waals surface area contributed by atoms with Crippen molar-refractivity contribution >= 4 is 43.0 Å². The fourth-order valence-electron chi connectivity index (χ4n) is 2.46. The summed E-state index contributed by atoms with van der Waals surface area (Å²) < 4.78 is 53.6. The van der Waals surface area contributed by atoms with Crippen LogP contribution in [0.2, 0.25) is 0 Å². The van der Waals surface area contributed by atoms with Crippen LogP contribution in [0.15, 0.2) is 35.2 Å². The van der Waals surface area contributed by atoms with Crippen LogP contribution in [0.5, 0.6) is 11.5 Å². The Bertz CT molecular complexity index is 889. The van der Waals surface area contributed by atoms with Gasteiger partial charge in [-0.05, 0) is 74.2 Å². The molecule has 11 heteroatoms. The Kier molecular flexibility index (Phi) is 15.0. The van der Waals surface area contributed by atoms with E-state index in [1.165, 1.54) is 18.2 Å². The molecule has 7 nitrogen and oxygen atoms in total. The monoisotopic (exact) mass is 501 g/mol. The number of halogens is 2. The smallest absolute Gasteiger partial charge is 0.261 e. The molecule has 0 spiro atoms. The number of rotatable bonds is 4. The van der Waals surface area contributed by atoms with Gasteiger partial charge in [-0.1, -0.05) is 13.5 Å². The molecule has 0 bridgehead atoms. The van der Waals surface area contributed by atoms with Crippen molar-refractivity contribution in [3.8, 4) is 11.5 Å². The third-order valence-electron chi connectivity index (χ3n) is 3.40. The standard InChI is InChI=1S/C9H11ClO3S.C9H12O.CH4.ClHO3S/c1-6-4-8(13-3)5-7(2)9(6)14(10,11)12;1-7-4-8(2)6-9(5-7)10-3;;1-4-5(2)3/h4-5H,1-3H3;4-6H,1-3H3;1H4;(H,2,3)/p-1. The second-order valence-corrected chi connectivity index (χ2v) is 9.24. The van der Waals surface area contributed by atoms with Gasteiger partial charge < -0.3 is 14.0 Å². The van der Waals surface area contributed by atoms with Crippen LogP contribution in [0.1, 0.15) is 29.7 Å². The second kappa shape index (κ2) is 14.6. The van der Waals surface area contributed by atoms with Gasteiger partial charge in [-0.2, -0.15) is 3.74 Å². The van der Waals surface area contributed by atoms with E-state index in [9.17, 15) is 8.42 Å². The van der Waals surface area contributed by atoms with Crippen LogP contribution in [-0.4, -0.2) is 31.4 Å². The average Bonchev–Trinajstić information content (AvgIpc) is 2.59. The fourth-order valence-corrected chi connectivity index (χ4v) is 4.08. The zero-order chi connectivity index (χ0) is 22.8. The lowest BCUT2D eigenvalue weighted by Gasteiger charge is -2.08. The molecular weight excluding hydrogens is 475 g/mol. The number of benzene rings is 2. The van der Waals surface area contributed by atoms with E-state index in [2.05, 4.69) is 35.5 Å². The second-order valence-electron chi connectivity index (χ2n) is 5.82. The number of ether oxygens (including phenoxy) is 2. The number of hydrogen-bond donors (Lipinski definition) is 0. The average molecular weight is 502 g/mol. The van der Waals surface area contributed by atoms with E-state index in [4.69, 9.17) is 28.9 Å². The van der Waals surface area contributed by atoms with Gasteiger partial charge in [0.15, 0.2) is 0 Å². The molecule has 0 saturated carbocycles. The van der Waals surface area contributed by atoms with Crippen molar-refractivity contribution < 1.29 is 30.4 Å². The molecule has 0 aliphatic carbocycles. The van der Waals surface area contributed by atoms with Crippen LogP contribution in [0.4, 0.5) is 0 Å². The third kappa shape index (κ3) is 11.7. The predicted molar refractivity (Wildman–Crippen MR) is 121 cm³/mol. The molecule has 2 rings (SSSR count). The molecule has 0 aliphatic rings. The summed E-state index contributed by atoms with van der Waals surface area (Å²) in [5.41, 5.74) is 3.68. The Morgan fingerprint density at radius 2 is 1.20 bits per heavy atom. The first-order chi connectivity index (χ1) is 13.3. The number of aryl methyl sites for hydroxylation is 4. The highest BCUT2D eigenvalue weighted by atomic mass is 35.7. The zero-order valence-electron chi connectivity index (χ0n) is 16.8. The van der Waals surface area contributed by atoms with E-state index in [0.29, 0.717) is 16.9 Å². The summed E-state index contributed by atoms with van der Waals surface area (Å²) in [5.74, 6) is 1.57. The highest BCUT2D eigenvalue weighted by Gasteiger charge is 2.17. The van der Waals surface area contributed by atoms with Gasteiger partial charge in [0.2, 0.25) is 0 Å². The first kappa shape index (κ1) is 30.8. The van der Waals surface area contributed by atoms with Gasteiger partial charge in [0.1, 0.15) is 22.9 Å². The van der Waals surface area contributed by atoms with Gasteiger partial charge in [-0.15, -0.1) is 0 Å². The summed E-state index contributed by atoms with van der Waals surface area (Å²) >= 11 is 1.67. The minimum atomic E-state index is -3.67. The SMILES string of the molecule is C.COc1cc(C)c(S(=O)(=O)Cl)c(C)c1.COc1cc(C)cc(C)c1.O=S([O-])OCl. The molecule has 0 saturated heterocycles. The van der Waals surface area contributed by atoms with Crippen LogP contribution < -0.4 is 9.47 Å². The number of hydrogen-bond acceptors (Lipinski definition) is 7. The quantitative estimate of drug-likeness (QED) is 0.421. The van der Waals surface area contributed by atoms with Crippen LogP contribution in [0, 0.1) is 27.7 Å². The third-order valence-corrected chi connectivity index (χ3v) is 5.40. The zero-order valence-corrected chi connectivity index (χ0v) is 20.0. The van der Waals surface area contributed by atoms with Gasteiger partial charge in [-0.3, -0.25) is 0 Å². The maximum Gasteiger partial charge on any atom is 0.261 e. The van der Waals surface area contributed by atoms with Crippen molar-refractivity contribution in [2.45, 2.75) is 40.0 Å². The van der Waals surface area contributed by atoms with Gasteiger partial charge in [0.05, 0.1) is 31.0 Å². The van der Waals surface area contributed by atoms with E-state index in [1.807, 2.05) is 12.1 Å². The van der Waals surface area contributed by atoms with E-state index < -0.39 is 20.4 Å². The molecule has 0 N–H and O–H groups in total. The molecule has 2 aromatic rings. The Labute approximate surface area is 191 Å². The minimum Gasteiger partial charge on any atom is -0.749 e. The van der Waals surface area contributed by atoms with Crippen molar-refractivity contribution in [3.63, 3.8) is 0 Å². The fraction of sp³-hybridized carbons (Fsp3) is 0.368. The van der Waals surface area contributed by atoms with Crippen LogP contribution in [0.3, 0.4) is 0 Å². The van der Waals surface area contributed by atoms with Crippen LogP contribution >= 0.6 is 22.5 Å². The Morgan fingerprint density at radius 3 is 1.47 bits per heavy atom. The highest BCUT2D eigenvalue weighted by molar-refractivity contribution is 8.13. The maximum absolute atomic E-state index is 11.2. The molecule has 0 heterocycles. The van der Waals surface area contributed by atoms with E-state index in [0.717, 1.165) is 5.75 Å². The first-order valence-electron chi connectivity index (χ1n) is 7.96. The highest BCUT2D eigenvalue weighted by Crippen LogP contribution is 2.27. The largest absolute Gasteiger partial charge is 0.749 e. The molecule has 172 valence electrons. The summed E-state index contributed by atoms with van der Waals surface area (Å²) in [6, 6.07) is 9.45. The number of methoxy groups -OCH3 is 2. The normalized spacial score (nSPS) is 11.0. The Morgan fingerprint density at radius 1 is 0.867 bits per heavy atom. The summed E-state index contributed by atoms with van der Waals surface area (Å²) in [7, 11) is 4.84. The van der Waals surface area contributed by atoms with E-state index in [-0.39, 0.29) is 12.3 Å². The molecule has 0 radical (unpaired) electrons. The van der Waals surface area contributed by atoms with Crippen LogP contribution in [0.25, 0.3) is 0 Å². The molecule has 1 atom stereocenters. The molecule has 0 amide bonds. The van der Waals surface area contributed by atoms with Gasteiger partial charge in [-0.25, -0.2) is 12.6 Å². The first-order valence-corrected chi connectivity index (χ1v) is 11.6. The Hall–Kier alpha value is -1.36. The molecule has 2 aromatic carbocycles. The van der Waals surface area contributed by atoms with Gasteiger partial charge >= 0.3 is 0 Å². The van der Waals surface area contributed by atoms with Crippen molar-refractivity contribution in [2.75, 3.05) is 14.2 Å². The predicted octanol–water partition coefficient (Wildman–Crippen LogP) is 5.14. The minimum absolute atomic E-state index is 0. The van der Waals surface area contributed by atoms with Gasteiger partial charge in [0.25, 0.3) is 9.05 Å². The lowest BCUT2D eigenvalue weighted by atomic mass is 10.1. The van der Waals surface area contributed by atoms with Crippen molar-refractivity contribution in [3.05, 3.63) is 52.6 Å². The lowest BCUT2D eigenvalue weighted by Crippen LogP contribution is -1.99. The molecule has 0 fully saturated rings.